The Morgan fingerprint density at radius 1 is 1.56 bits per heavy atom. The number of β-amino-alcohol motifs (C(OH)–C–C–N with tert-alkyl or cyclic N) is 1. The number of aliphatic hydroxyl groups is 1. The maximum absolute atomic E-state index is 13.9. The van der Waals surface area contributed by atoms with Crippen LogP contribution in [0.3, 0.4) is 0 Å². The van der Waals surface area contributed by atoms with Crippen LogP contribution in [0.5, 0.6) is 0 Å². The van der Waals surface area contributed by atoms with Crippen molar-refractivity contribution in [2.45, 2.75) is 25.9 Å². The van der Waals surface area contributed by atoms with E-state index in [-0.39, 0.29) is 18.7 Å². The van der Waals surface area contributed by atoms with Gasteiger partial charge in [0.05, 0.1) is 24.3 Å². The Hall–Kier alpha value is -1.62. The van der Waals surface area contributed by atoms with E-state index in [9.17, 15) is 14.3 Å². The van der Waals surface area contributed by atoms with Crippen LogP contribution in [0.15, 0.2) is 12.1 Å². The van der Waals surface area contributed by atoms with Crippen LogP contribution in [0, 0.1) is 12.7 Å². The first-order valence-corrected chi connectivity index (χ1v) is 5.93. The van der Waals surface area contributed by atoms with Gasteiger partial charge in [0.15, 0.2) is 0 Å². The largest absolute Gasteiger partial charge is 0.399 e. The minimum Gasteiger partial charge on any atom is -0.399 e. The number of likely N-dealkylation sites (tertiary alicyclic amines) is 1. The van der Waals surface area contributed by atoms with Crippen LogP contribution in [-0.2, 0) is 0 Å². The Labute approximate surface area is 105 Å². The van der Waals surface area contributed by atoms with E-state index in [1.54, 1.807) is 6.92 Å². The van der Waals surface area contributed by atoms with Gasteiger partial charge in [-0.15, -0.1) is 0 Å². The van der Waals surface area contributed by atoms with Crippen molar-refractivity contribution in [2.75, 3.05) is 18.8 Å². The lowest BCUT2D eigenvalue weighted by molar-refractivity contribution is -0.0827. The molecule has 1 aromatic rings. The lowest BCUT2D eigenvalue weighted by atomic mass is 9.90. The molecule has 0 radical (unpaired) electrons. The van der Waals surface area contributed by atoms with E-state index < -0.39 is 17.3 Å². The number of anilines is 1. The molecule has 0 aromatic heterocycles. The average molecular weight is 252 g/mol. The molecule has 5 heteroatoms. The molecule has 0 aliphatic carbocycles. The smallest absolute Gasteiger partial charge is 0.257 e. The molecule has 1 aromatic carbocycles. The number of benzene rings is 1. The van der Waals surface area contributed by atoms with Crippen molar-refractivity contribution in [2.24, 2.45) is 0 Å². The summed E-state index contributed by atoms with van der Waals surface area (Å²) in [7, 11) is 0. The molecule has 1 aliphatic rings. The van der Waals surface area contributed by atoms with Crippen molar-refractivity contribution in [3.63, 3.8) is 0 Å². The first-order chi connectivity index (χ1) is 8.36. The molecule has 3 N–H and O–H groups in total. The lowest BCUT2D eigenvalue weighted by Gasteiger charge is -2.46. The van der Waals surface area contributed by atoms with Crippen LogP contribution in [0.2, 0.25) is 0 Å². The molecule has 0 spiro atoms. The van der Waals surface area contributed by atoms with E-state index in [1.165, 1.54) is 17.0 Å². The molecule has 2 rings (SSSR count). The summed E-state index contributed by atoms with van der Waals surface area (Å²) in [5.41, 5.74) is 5.49. The number of carbonyl (C=O) groups is 1. The van der Waals surface area contributed by atoms with Gasteiger partial charge in [0, 0.05) is 5.69 Å². The Morgan fingerprint density at radius 2 is 2.17 bits per heavy atom. The van der Waals surface area contributed by atoms with Crippen LogP contribution in [0.4, 0.5) is 10.1 Å². The Kier molecular flexibility index (Phi) is 3.02. The van der Waals surface area contributed by atoms with Crippen molar-refractivity contribution >= 4 is 11.6 Å². The standard InChI is InChI=1S/C13H17FN2O2/c1-3-13(18)6-16(7-13)12(17)10-5-9(15)4-8(2)11(10)14/h4-5,18H,3,6-7,15H2,1-2H3. The highest BCUT2D eigenvalue weighted by Gasteiger charge is 2.42. The van der Waals surface area contributed by atoms with E-state index in [1.807, 2.05) is 6.92 Å². The Morgan fingerprint density at radius 3 is 2.72 bits per heavy atom. The second-order valence-electron chi connectivity index (χ2n) is 4.94. The molecular weight excluding hydrogens is 235 g/mol. The van der Waals surface area contributed by atoms with Crippen LogP contribution >= 0.6 is 0 Å². The van der Waals surface area contributed by atoms with Gasteiger partial charge in [0.25, 0.3) is 5.91 Å². The van der Waals surface area contributed by atoms with Gasteiger partial charge in [-0.3, -0.25) is 4.79 Å². The van der Waals surface area contributed by atoms with Gasteiger partial charge >= 0.3 is 0 Å². The average Bonchev–Trinajstić information content (AvgIpc) is 2.28. The highest BCUT2D eigenvalue weighted by atomic mass is 19.1. The van der Waals surface area contributed by atoms with Crippen LogP contribution in [0.25, 0.3) is 0 Å². The monoisotopic (exact) mass is 252 g/mol. The summed E-state index contributed by atoms with van der Waals surface area (Å²) in [5.74, 6) is -0.956. The number of hydrogen-bond donors (Lipinski definition) is 2. The fraction of sp³-hybridized carbons (Fsp3) is 0.462. The summed E-state index contributed by atoms with van der Waals surface area (Å²) in [5, 5.41) is 9.85. The fourth-order valence-electron chi connectivity index (χ4n) is 2.15. The first kappa shape index (κ1) is 12.8. The Bertz CT molecular complexity index is 496. The molecule has 0 saturated carbocycles. The van der Waals surface area contributed by atoms with E-state index in [4.69, 9.17) is 5.73 Å². The molecule has 0 unspecified atom stereocenters. The van der Waals surface area contributed by atoms with Crippen LogP contribution in [0.1, 0.15) is 29.3 Å². The zero-order valence-corrected chi connectivity index (χ0v) is 10.5. The zero-order chi connectivity index (χ0) is 13.5. The molecule has 1 heterocycles. The van der Waals surface area contributed by atoms with Crippen molar-refractivity contribution < 1.29 is 14.3 Å². The molecule has 98 valence electrons. The number of nitrogens with two attached hydrogens (primary N) is 1. The molecule has 1 saturated heterocycles. The molecule has 18 heavy (non-hydrogen) atoms. The summed E-state index contributed by atoms with van der Waals surface area (Å²) in [6.07, 6.45) is 0.579. The minimum atomic E-state index is -0.818. The number of nitrogens with zero attached hydrogens (tertiary/aromatic N) is 1. The second kappa shape index (κ2) is 4.24. The molecule has 0 bridgehead atoms. The van der Waals surface area contributed by atoms with Crippen molar-refractivity contribution in [1.29, 1.82) is 0 Å². The fourth-order valence-corrected chi connectivity index (χ4v) is 2.15. The van der Waals surface area contributed by atoms with Gasteiger partial charge in [0.2, 0.25) is 0 Å². The van der Waals surface area contributed by atoms with E-state index >= 15 is 0 Å². The number of hydrogen-bond acceptors (Lipinski definition) is 3. The normalized spacial score (nSPS) is 17.4. The predicted molar refractivity (Wildman–Crippen MR) is 66.7 cm³/mol. The molecule has 1 amide bonds. The molecular formula is C13H17FN2O2. The summed E-state index contributed by atoms with van der Waals surface area (Å²) in [6, 6.07) is 2.83. The van der Waals surface area contributed by atoms with Gasteiger partial charge in [0.1, 0.15) is 5.82 Å². The molecule has 1 fully saturated rings. The van der Waals surface area contributed by atoms with E-state index in [0.29, 0.717) is 17.7 Å². The van der Waals surface area contributed by atoms with Crippen molar-refractivity contribution in [1.82, 2.24) is 4.90 Å². The van der Waals surface area contributed by atoms with Gasteiger partial charge in [-0.2, -0.15) is 0 Å². The summed E-state index contributed by atoms with van der Waals surface area (Å²) in [4.78, 5) is 13.5. The van der Waals surface area contributed by atoms with Gasteiger partial charge in [-0.05, 0) is 31.0 Å². The SMILES string of the molecule is CCC1(O)CN(C(=O)c2cc(N)cc(C)c2F)C1. The van der Waals surface area contributed by atoms with Crippen LogP contribution < -0.4 is 5.73 Å². The minimum absolute atomic E-state index is 0.0225. The number of nitrogen functional groups attached to an aromatic ring is 1. The van der Waals surface area contributed by atoms with E-state index in [0.717, 1.165) is 0 Å². The maximum atomic E-state index is 13.9. The van der Waals surface area contributed by atoms with Crippen LogP contribution in [-0.4, -0.2) is 34.6 Å². The third-order valence-electron chi connectivity index (χ3n) is 3.42. The summed E-state index contributed by atoms with van der Waals surface area (Å²) >= 11 is 0. The van der Waals surface area contributed by atoms with Crippen molar-refractivity contribution in [3.8, 4) is 0 Å². The number of rotatable bonds is 2. The molecule has 0 atom stereocenters. The maximum Gasteiger partial charge on any atom is 0.257 e. The highest BCUT2D eigenvalue weighted by molar-refractivity contribution is 5.96. The third-order valence-corrected chi connectivity index (χ3v) is 3.42. The molecule has 4 nitrogen and oxygen atoms in total. The summed E-state index contributed by atoms with van der Waals surface area (Å²) < 4.78 is 13.9. The topological polar surface area (TPSA) is 66.6 Å². The number of aryl methyl sites for hydroxylation is 1. The second-order valence-corrected chi connectivity index (χ2v) is 4.94. The number of carbonyl (C=O) groups excluding carboxylic acids is 1. The van der Waals surface area contributed by atoms with Gasteiger partial charge in [-0.1, -0.05) is 6.92 Å². The summed E-state index contributed by atoms with van der Waals surface area (Å²) in [6.45, 7) is 3.92. The third kappa shape index (κ3) is 2.06. The lowest BCUT2D eigenvalue weighted by Crippen LogP contribution is -2.63. The quantitative estimate of drug-likeness (QED) is 0.780. The van der Waals surface area contributed by atoms with Crippen molar-refractivity contribution in [3.05, 3.63) is 29.1 Å². The number of halogens is 1. The zero-order valence-electron chi connectivity index (χ0n) is 10.5. The highest BCUT2D eigenvalue weighted by Crippen LogP contribution is 2.27. The Balaban J connectivity index is 2.21. The predicted octanol–water partition coefficient (Wildman–Crippen LogP) is 1.31. The van der Waals surface area contributed by atoms with Gasteiger partial charge < -0.3 is 15.7 Å². The number of amides is 1. The molecule has 1 aliphatic heterocycles. The van der Waals surface area contributed by atoms with Gasteiger partial charge in [-0.25, -0.2) is 4.39 Å². The van der Waals surface area contributed by atoms with E-state index in [2.05, 4.69) is 0 Å². The first-order valence-electron chi connectivity index (χ1n) is 5.93.